The number of fused-ring (bicyclic) bond motifs is 1. The van der Waals surface area contributed by atoms with E-state index in [1.54, 1.807) is 12.1 Å². The number of nitrogens with one attached hydrogen (secondary N) is 1. The van der Waals surface area contributed by atoms with Crippen molar-refractivity contribution >= 4 is 31.0 Å². The summed E-state index contributed by atoms with van der Waals surface area (Å²) in [6, 6.07) is 3.39. The van der Waals surface area contributed by atoms with Gasteiger partial charge in [-0.3, -0.25) is 14.2 Å². The lowest BCUT2D eigenvalue weighted by Gasteiger charge is -2.19. The summed E-state index contributed by atoms with van der Waals surface area (Å²) in [5, 5.41) is 2.18. The van der Waals surface area contributed by atoms with E-state index in [1.807, 2.05) is 0 Å². The highest BCUT2D eigenvalue weighted by atomic mass is 32.2. The summed E-state index contributed by atoms with van der Waals surface area (Å²) in [7, 11) is -0.289. The number of ketones is 1. The van der Waals surface area contributed by atoms with Gasteiger partial charge in [0.25, 0.3) is 0 Å². The second-order valence-corrected chi connectivity index (χ2v) is 9.72. The Bertz CT molecular complexity index is 788. The smallest absolute Gasteiger partial charge is 0.349 e. The predicted molar refractivity (Wildman–Crippen MR) is 106 cm³/mol. The Labute approximate surface area is 168 Å². The van der Waals surface area contributed by atoms with Gasteiger partial charge in [0.15, 0.2) is 17.3 Å². The fourth-order valence-corrected chi connectivity index (χ4v) is 5.52. The number of methoxy groups -OCH3 is 2. The first-order valence-electron chi connectivity index (χ1n) is 9.01. The molecule has 2 aliphatic heterocycles. The lowest BCUT2D eigenvalue weighted by atomic mass is 9.99. The maximum absolute atomic E-state index is 12.7. The topological polar surface area (TPSA) is 100 Å². The van der Waals surface area contributed by atoms with Gasteiger partial charge in [-0.2, -0.15) is 0 Å². The molecule has 8 nitrogen and oxygen atoms in total. The first-order chi connectivity index (χ1) is 13.5. The number of hydrogen-bond acceptors (Lipinski definition) is 8. The summed E-state index contributed by atoms with van der Waals surface area (Å²) in [4.78, 5) is 25.2. The number of thioether (sulfide) groups is 1. The minimum absolute atomic E-state index is 0.0699. The van der Waals surface area contributed by atoms with Crippen LogP contribution in [0.1, 0.15) is 28.8 Å². The van der Waals surface area contributed by atoms with Crippen LogP contribution in [-0.2, 0) is 24.8 Å². The van der Waals surface area contributed by atoms with Gasteiger partial charge in [0.1, 0.15) is 6.29 Å². The van der Waals surface area contributed by atoms with Gasteiger partial charge in [0.2, 0.25) is 5.91 Å². The average Bonchev–Trinajstić information content (AvgIpc) is 3.01. The minimum Gasteiger partial charge on any atom is -0.493 e. The van der Waals surface area contributed by atoms with Gasteiger partial charge >= 0.3 is 7.60 Å². The van der Waals surface area contributed by atoms with E-state index in [0.29, 0.717) is 36.7 Å². The van der Waals surface area contributed by atoms with E-state index in [1.165, 1.54) is 26.0 Å². The highest BCUT2D eigenvalue weighted by molar-refractivity contribution is 8.01. The highest BCUT2D eigenvalue weighted by Gasteiger charge is 2.32. The molecular formula is C18H24NO7PS. The maximum atomic E-state index is 12.7. The number of amides is 1. The SMILES string of the molecule is COc1cc2c(cc1OC)C(=O)CSC(C(=O)NCP1(=O)OCCCCO1)C2. The van der Waals surface area contributed by atoms with Crippen molar-refractivity contribution in [1.82, 2.24) is 5.32 Å². The summed E-state index contributed by atoms with van der Waals surface area (Å²) in [6.07, 6.45) is 1.74. The van der Waals surface area contributed by atoms with Crippen LogP contribution in [0.3, 0.4) is 0 Å². The summed E-state index contributed by atoms with van der Waals surface area (Å²) in [5.74, 6) is 0.783. The van der Waals surface area contributed by atoms with Gasteiger partial charge in [-0.1, -0.05) is 0 Å². The third kappa shape index (κ3) is 4.89. The lowest BCUT2D eigenvalue weighted by molar-refractivity contribution is -0.120. The number of carbonyl (C=O) groups excluding carboxylic acids is 2. The van der Waals surface area contributed by atoms with Crippen LogP contribution in [0.2, 0.25) is 0 Å². The summed E-state index contributed by atoms with van der Waals surface area (Å²) >= 11 is 1.26. The fourth-order valence-electron chi connectivity index (χ4n) is 3.06. The van der Waals surface area contributed by atoms with Crippen LogP contribution in [0.5, 0.6) is 11.5 Å². The number of benzene rings is 1. The van der Waals surface area contributed by atoms with E-state index < -0.39 is 12.8 Å². The normalized spacial score (nSPS) is 21.8. The van der Waals surface area contributed by atoms with Crippen molar-refractivity contribution in [2.24, 2.45) is 0 Å². The quantitative estimate of drug-likeness (QED) is 0.713. The van der Waals surface area contributed by atoms with Crippen molar-refractivity contribution in [2.45, 2.75) is 24.5 Å². The van der Waals surface area contributed by atoms with E-state index in [0.717, 1.165) is 18.4 Å². The molecule has 2 heterocycles. The van der Waals surface area contributed by atoms with Crippen LogP contribution >= 0.6 is 19.4 Å². The number of ether oxygens (including phenoxy) is 2. The van der Waals surface area contributed by atoms with Crippen molar-refractivity contribution in [1.29, 1.82) is 0 Å². The molecule has 3 rings (SSSR count). The van der Waals surface area contributed by atoms with Crippen molar-refractivity contribution in [3.8, 4) is 11.5 Å². The maximum Gasteiger partial charge on any atom is 0.349 e. The molecule has 1 fully saturated rings. The second kappa shape index (κ2) is 9.31. The molecule has 1 unspecified atom stereocenters. The van der Waals surface area contributed by atoms with Gasteiger partial charge in [0.05, 0.1) is 38.4 Å². The van der Waals surface area contributed by atoms with E-state index >= 15 is 0 Å². The zero-order valence-corrected chi connectivity index (χ0v) is 17.6. The Morgan fingerprint density at radius 3 is 2.50 bits per heavy atom. The molecule has 1 N–H and O–H groups in total. The summed E-state index contributed by atoms with van der Waals surface area (Å²) < 4.78 is 33.8. The van der Waals surface area contributed by atoms with E-state index in [9.17, 15) is 14.2 Å². The summed E-state index contributed by atoms with van der Waals surface area (Å²) in [6.45, 7) is 0.712. The molecule has 0 radical (unpaired) electrons. The second-order valence-electron chi connectivity index (χ2n) is 6.47. The van der Waals surface area contributed by atoms with Gasteiger partial charge in [-0.25, -0.2) is 0 Å². The Kier molecular flexibility index (Phi) is 7.04. The molecule has 28 heavy (non-hydrogen) atoms. The molecule has 154 valence electrons. The van der Waals surface area contributed by atoms with E-state index in [-0.39, 0.29) is 23.7 Å². The van der Waals surface area contributed by atoms with Crippen molar-refractivity contribution in [3.63, 3.8) is 0 Å². The monoisotopic (exact) mass is 429 g/mol. The van der Waals surface area contributed by atoms with Gasteiger partial charge < -0.3 is 23.8 Å². The van der Waals surface area contributed by atoms with Gasteiger partial charge in [-0.15, -0.1) is 11.8 Å². The van der Waals surface area contributed by atoms with E-state index in [2.05, 4.69) is 5.32 Å². The molecular weight excluding hydrogens is 405 g/mol. The van der Waals surface area contributed by atoms with Crippen LogP contribution in [0.15, 0.2) is 12.1 Å². The summed E-state index contributed by atoms with van der Waals surface area (Å²) in [5.41, 5.74) is 1.25. The molecule has 0 aliphatic carbocycles. The van der Waals surface area contributed by atoms with Crippen molar-refractivity contribution in [2.75, 3.05) is 39.5 Å². The molecule has 1 atom stereocenters. The largest absolute Gasteiger partial charge is 0.493 e. The number of rotatable bonds is 5. The number of carbonyl (C=O) groups is 2. The molecule has 1 aromatic carbocycles. The number of Topliss-reactive ketones (excluding diaryl/α,β-unsaturated/α-hetero) is 1. The lowest BCUT2D eigenvalue weighted by Crippen LogP contribution is -2.35. The van der Waals surface area contributed by atoms with Crippen LogP contribution < -0.4 is 14.8 Å². The number of hydrogen-bond donors (Lipinski definition) is 1. The Morgan fingerprint density at radius 1 is 1.21 bits per heavy atom. The van der Waals surface area contributed by atoms with Gasteiger partial charge in [-0.05, 0) is 37.0 Å². The first kappa shape index (κ1) is 21.2. The zero-order chi connectivity index (χ0) is 20.1. The molecule has 10 heteroatoms. The molecule has 1 aromatic rings. The Hall–Kier alpha value is -1.54. The average molecular weight is 429 g/mol. The van der Waals surface area contributed by atoms with Gasteiger partial charge in [0, 0.05) is 5.56 Å². The van der Waals surface area contributed by atoms with Crippen LogP contribution in [0, 0.1) is 0 Å². The minimum atomic E-state index is -3.32. The predicted octanol–water partition coefficient (Wildman–Crippen LogP) is 2.64. The zero-order valence-electron chi connectivity index (χ0n) is 15.9. The van der Waals surface area contributed by atoms with E-state index in [4.69, 9.17) is 18.5 Å². The Morgan fingerprint density at radius 2 is 1.86 bits per heavy atom. The highest BCUT2D eigenvalue weighted by Crippen LogP contribution is 2.48. The van der Waals surface area contributed by atoms with Crippen molar-refractivity contribution < 1.29 is 32.7 Å². The third-order valence-corrected chi connectivity index (χ3v) is 7.49. The van der Waals surface area contributed by atoms with Crippen LogP contribution in [0.25, 0.3) is 0 Å². The fraction of sp³-hybridized carbons (Fsp3) is 0.556. The standard InChI is InChI=1S/C18H24NO7PS/c1-23-15-7-12-8-17(28-10-14(20)13(12)9-16(15)24-2)18(21)19-11-27(22)25-5-3-4-6-26-27/h7,9,17H,3-6,8,10-11H2,1-2H3,(H,19,21). The van der Waals surface area contributed by atoms with Crippen LogP contribution in [0.4, 0.5) is 0 Å². The molecule has 1 saturated heterocycles. The molecule has 2 aliphatic rings. The Balaban J connectivity index is 1.72. The molecule has 1 amide bonds. The molecule has 0 spiro atoms. The molecule has 0 saturated carbocycles. The van der Waals surface area contributed by atoms with Crippen molar-refractivity contribution in [3.05, 3.63) is 23.3 Å². The molecule has 0 bridgehead atoms. The van der Waals surface area contributed by atoms with Crippen LogP contribution in [-0.4, -0.2) is 56.4 Å². The first-order valence-corrected chi connectivity index (χ1v) is 11.8. The molecule has 0 aromatic heterocycles. The third-order valence-electron chi connectivity index (χ3n) is 4.58.